The quantitative estimate of drug-likeness (QED) is 0.121. The Morgan fingerprint density at radius 3 is 0.729 bits per heavy atom. The average Bonchev–Trinajstić information content (AvgIpc) is 1.57. The predicted octanol–water partition coefficient (Wildman–Crippen LogP) is 32.9. The monoisotopic (exact) mass is 1790 g/mol. The predicted molar refractivity (Wildman–Crippen MR) is 582 cm³/mol. The summed E-state index contributed by atoms with van der Waals surface area (Å²) in [5, 5.41) is 19.4. The van der Waals surface area contributed by atoms with Crippen molar-refractivity contribution < 1.29 is 0 Å². The van der Waals surface area contributed by atoms with E-state index in [0.29, 0.717) is 23.5 Å². The zero-order valence-corrected chi connectivity index (χ0v) is 75.8. The molecule has 654 valence electrons. The Labute approximate surface area is 804 Å². The summed E-state index contributed by atoms with van der Waals surface area (Å²) in [7, 11) is 0. The maximum Gasteiger partial charge on any atom is 0.238 e. The van der Waals surface area contributed by atoms with Crippen LogP contribution in [0.1, 0.15) is 0 Å². The first-order valence-corrected chi connectivity index (χ1v) is 47.5. The number of benzene rings is 21. The first-order valence-electron chi connectivity index (χ1n) is 47.5. The second-order valence-electron chi connectivity index (χ2n) is 35.8. The van der Waals surface area contributed by atoms with Crippen molar-refractivity contribution in [1.29, 1.82) is 0 Å². The van der Waals surface area contributed by atoms with Crippen LogP contribution in [0.15, 0.2) is 504 Å². The molecule has 0 spiro atoms. The average molecular weight is 1790 g/mol. The number of aromatic nitrogens is 11. The van der Waals surface area contributed by atoms with Crippen LogP contribution in [-0.2, 0) is 0 Å². The smallest absolute Gasteiger partial charge is 0.238 e. The summed E-state index contributed by atoms with van der Waals surface area (Å²) in [6.07, 6.45) is 0. The van der Waals surface area contributed by atoms with Crippen molar-refractivity contribution in [3.05, 3.63) is 504 Å². The third-order valence-electron chi connectivity index (χ3n) is 27.8. The van der Waals surface area contributed by atoms with Crippen LogP contribution in [0.25, 0.3) is 255 Å². The summed E-state index contributed by atoms with van der Waals surface area (Å²) < 4.78 is 14.1. The summed E-state index contributed by atoms with van der Waals surface area (Å²) in [6.45, 7) is 0. The molecule has 0 saturated carbocycles. The zero-order valence-electron chi connectivity index (χ0n) is 75.8. The molecule has 8 heterocycles. The van der Waals surface area contributed by atoms with Crippen molar-refractivity contribution >= 4 is 152 Å². The summed E-state index contributed by atoms with van der Waals surface area (Å²) >= 11 is 0. The summed E-state index contributed by atoms with van der Waals surface area (Å²) in [6, 6.07) is 179. The van der Waals surface area contributed by atoms with Gasteiger partial charge in [0.05, 0.1) is 94.7 Å². The van der Waals surface area contributed by atoms with Crippen LogP contribution in [0.3, 0.4) is 0 Å². The molecule has 21 aromatic carbocycles. The lowest BCUT2D eigenvalue weighted by Crippen LogP contribution is -2.06. The van der Waals surface area contributed by atoms with Gasteiger partial charge in [0.2, 0.25) is 11.9 Å². The van der Waals surface area contributed by atoms with Gasteiger partial charge in [-0.1, -0.05) is 376 Å². The van der Waals surface area contributed by atoms with Crippen molar-refractivity contribution in [2.24, 2.45) is 0 Å². The molecule has 0 aliphatic rings. The van der Waals surface area contributed by atoms with E-state index in [1.165, 1.54) is 137 Å². The topological polar surface area (TPSA) is 94.0 Å². The van der Waals surface area contributed by atoms with Crippen molar-refractivity contribution in [3.8, 4) is 102 Å². The van der Waals surface area contributed by atoms with E-state index in [1.54, 1.807) is 0 Å². The van der Waals surface area contributed by atoms with Crippen molar-refractivity contribution in [3.63, 3.8) is 0 Å². The number of fused-ring (bicyclic) bond motifs is 20. The van der Waals surface area contributed by atoms with Crippen LogP contribution in [0.4, 0.5) is 0 Å². The standard InChI is InChI=1S/C48H30N4.C42H28N2.C39H25N5/c1-3-14-33-28-35(26-24-31(33)12-1)40-30-41(36-27-25-32-13-2-4-15-34(32)29-36)50-48(49-40)52-44-21-10-7-18-39(44)47-45(22-11-23-46(47)52)51-42-19-8-5-16-37(42)38-17-6-9-20-43(38)51;1-3-14-29(15-4-1)31-26-32(30-16-5-2-6-17-30)28-33(27-31)43-39-23-12-9-20-36(39)42-40(43)24-13-25-41(42)44-37-21-10-7-18-34(37)35-19-8-11-22-38(35)44;1-3-14-26(15-4-1)37-40-38(27-16-5-2-6-17-27)42-39(41-37)44-33-23-12-9-20-30(33)36-34(24-13-25-35(36)44)43-31-21-10-7-18-28(31)29-19-8-11-22-32(29)43/h1-30H;1-28H;1-25H. The number of hydrogen-bond acceptors (Lipinski definition) is 5. The van der Waals surface area contributed by atoms with Gasteiger partial charge in [0.25, 0.3) is 0 Å². The van der Waals surface area contributed by atoms with Crippen LogP contribution in [0.2, 0.25) is 0 Å². The molecule has 0 aliphatic heterocycles. The van der Waals surface area contributed by atoms with Crippen LogP contribution in [-0.4, -0.2) is 52.3 Å². The normalized spacial score (nSPS) is 11.7. The molecule has 29 aromatic rings. The number of para-hydroxylation sites is 9. The Hall–Kier alpha value is -19.0. The molecule has 0 aliphatic carbocycles. The SMILES string of the molecule is c1ccc(-c2cc(-c3ccccc3)cc(-n3c4ccccc4c4c(-n5c6ccccc6c6ccccc65)cccc43)c2)cc1.c1ccc(-c2nc(-c3ccccc3)nc(-n3c4ccccc4c4c(-n5c6ccccc6c6ccccc65)cccc43)n2)cc1.c1ccc2cc(-c3cc(-c4ccc5ccccc5c4)nc(-n4c5ccccc5c5c(-n6c7ccccc7c7ccccc76)cccc54)n3)ccc2c1. The van der Waals surface area contributed by atoms with E-state index in [2.05, 4.69) is 470 Å². The fourth-order valence-corrected chi connectivity index (χ4v) is 21.6. The minimum Gasteiger partial charge on any atom is -0.309 e. The summed E-state index contributed by atoms with van der Waals surface area (Å²) in [4.78, 5) is 25.9. The van der Waals surface area contributed by atoms with Gasteiger partial charge in [-0.05, 0) is 171 Å². The lowest BCUT2D eigenvalue weighted by molar-refractivity contribution is 0.953. The van der Waals surface area contributed by atoms with Crippen LogP contribution in [0, 0.1) is 0 Å². The fourth-order valence-electron chi connectivity index (χ4n) is 21.6. The molecule has 0 saturated heterocycles. The Morgan fingerprint density at radius 1 is 0.136 bits per heavy atom. The number of hydrogen-bond donors (Lipinski definition) is 0. The van der Waals surface area contributed by atoms with Gasteiger partial charge in [0.15, 0.2) is 11.6 Å². The van der Waals surface area contributed by atoms with Gasteiger partial charge < -0.3 is 18.3 Å². The van der Waals surface area contributed by atoms with E-state index in [9.17, 15) is 0 Å². The molecule has 11 heteroatoms. The second-order valence-corrected chi connectivity index (χ2v) is 35.8. The maximum absolute atomic E-state index is 5.38. The van der Waals surface area contributed by atoms with E-state index < -0.39 is 0 Å². The van der Waals surface area contributed by atoms with Gasteiger partial charge in [-0.25, -0.2) is 15.0 Å². The molecular formula is C129H83N11. The number of rotatable bonds is 12. The van der Waals surface area contributed by atoms with Crippen molar-refractivity contribution in [2.75, 3.05) is 0 Å². The molecule has 0 N–H and O–H groups in total. The Morgan fingerprint density at radius 2 is 0.393 bits per heavy atom. The molecule has 11 nitrogen and oxygen atoms in total. The van der Waals surface area contributed by atoms with Gasteiger partial charge in [0, 0.05) is 92.6 Å². The summed E-state index contributed by atoms with van der Waals surface area (Å²) in [5.41, 5.74) is 28.9. The molecule has 0 atom stereocenters. The Kier molecular flexibility index (Phi) is 19.3. The van der Waals surface area contributed by atoms with E-state index in [0.717, 1.165) is 94.3 Å². The Balaban J connectivity index is 0.000000106. The molecule has 0 radical (unpaired) electrons. The molecule has 29 rings (SSSR count). The van der Waals surface area contributed by atoms with Crippen LogP contribution >= 0.6 is 0 Å². The molecule has 0 amide bonds. The van der Waals surface area contributed by atoms with Gasteiger partial charge in [-0.2, -0.15) is 9.97 Å². The largest absolute Gasteiger partial charge is 0.309 e. The van der Waals surface area contributed by atoms with E-state index in [-0.39, 0.29) is 0 Å². The van der Waals surface area contributed by atoms with Gasteiger partial charge >= 0.3 is 0 Å². The third kappa shape index (κ3) is 13.5. The van der Waals surface area contributed by atoms with E-state index in [4.69, 9.17) is 24.9 Å². The first kappa shape index (κ1) is 80.7. The highest BCUT2D eigenvalue weighted by Crippen LogP contribution is 2.47. The second kappa shape index (κ2) is 33.6. The molecule has 0 unspecified atom stereocenters. The minimum atomic E-state index is 0.586. The highest BCUT2D eigenvalue weighted by molar-refractivity contribution is 6.20. The zero-order chi connectivity index (χ0) is 92.2. The lowest BCUT2D eigenvalue weighted by atomic mass is 9.98. The highest BCUT2D eigenvalue weighted by atomic mass is 15.2. The van der Waals surface area contributed by atoms with Gasteiger partial charge in [0.1, 0.15) is 0 Å². The summed E-state index contributed by atoms with van der Waals surface area (Å²) in [5.74, 6) is 2.50. The molecule has 140 heavy (non-hydrogen) atoms. The fraction of sp³-hybridized carbons (Fsp3) is 0. The maximum atomic E-state index is 5.38. The Bertz CT molecular complexity index is 9250. The lowest BCUT2D eigenvalue weighted by Gasteiger charge is -2.14. The van der Waals surface area contributed by atoms with Crippen molar-refractivity contribution in [2.45, 2.75) is 0 Å². The van der Waals surface area contributed by atoms with Crippen molar-refractivity contribution in [1.82, 2.24) is 52.3 Å². The van der Waals surface area contributed by atoms with Gasteiger partial charge in [-0.3, -0.25) is 9.13 Å². The molecular weight excluding hydrogens is 1700 g/mol. The van der Waals surface area contributed by atoms with E-state index in [1.807, 2.05) is 60.7 Å². The van der Waals surface area contributed by atoms with Crippen LogP contribution < -0.4 is 0 Å². The first-order chi connectivity index (χ1) is 69.5. The number of nitrogens with zero attached hydrogens (tertiary/aromatic N) is 11. The third-order valence-corrected chi connectivity index (χ3v) is 27.8. The molecule has 8 aromatic heterocycles. The molecule has 0 bridgehead atoms. The van der Waals surface area contributed by atoms with Gasteiger partial charge in [-0.15, -0.1) is 0 Å². The minimum absolute atomic E-state index is 0.586. The van der Waals surface area contributed by atoms with E-state index >= 15 is 0 Å². The van der Waals surface area contributed by atoms with Crippen LogP contribution in [0.5, 0.6) is 0 Å². The highest BCUT2D eigenvalue weighted by Gasteiger charge is 2.27. The molecule has 0 fully saturated rings.